The van der Waals surface area contributed by atoms with Crippen LogP contribution in [0.3, 0.4) is 0 Å². The molecule has 0 aromatic rings. The molecule has 0 N–H and O–H groups in total. The van der Waals surface area contributed by atoms with Crippen molar-refractivity contribution in [1.82, 2.24) is 0 Å². The van der Waals surface area contributed by atoms with E-state index in [-0.39, 0.29) is 0 Å². The molecule has 12 heavy (non-hydrogen) atoms. The van der Waals surface area contributed by atoms with Crippen LogP contribution in [0.5, 0.6) is 0 Å². The zero-order chi connectivity index (χ0) is 9.40. The van der Waals surface area contributed by atoms with E-state index in [1.807, 2.05) is 0 Å². The van der Waals surface area contributed by atoms with Crippen molar-refractivity contribution >= 4 is 18.6 Å². The SMILES string of the molecule is CCC1=CCC=C1CC.[Cl][Ti][Cl]. The van der Waals surface area contributed by atoms with Crippen LogP contribution in [-0.2, 0) is 17.0 Å². The molecule has 0 unspecified atom stereocenters. The molecule has 0 saturated heterocycles. The molecule has 0 amide bonds. The van der Waals surface area contributed by atoms with Gasteiger partial charge in [-0.15, -0.1) is 0 Å². The maximum atomic E-state index is 4.89. The second kappa shape index (κ2) is 8.38. The predicted molar refractivity (Wildman–Crippen MR) is 53.1 cm³/mol. The first kappa shape index (κ1) is 12.8. The van der Waals surface area contributed by atoms with Gasteiger partial charge in [0.15, 0.2) is 0 Å². The average Bonchev–Trinajstić information content (AvgIpc) is 2.52. The Kier molecular flexibility index (Phi) is 8.92. The zero-order valence-electron chi connectivity index (χ0n) is 7.53. The quantitative estimate of drug-likeness (QED) is 0.627. The first-order valence-electron chi connectivity index (χ1n) is 4.14. The third kappa shape index (κ3) is 4.72. The molecule has 0 heterocycles. The molecule has 0 aromatic heterocycles. The van der Waals surface area contributed by atoms with Crippen LogP contribution in [0.4, 0.5) is 0 Å². The Morgan fingerprint density at radius 1 is 1.17 bits per heavy atom. The van der Waals surface area contributed by atoms with Gasteiger partial charge in [-0.2, -0.15) is 0 Å². The van der Waals surface area contributed by atoms with Crippen LogP contribution in [0, 0.1) is 0 Å². The molecule has 0 saturated carbocycles. The van der Waals surface area contributed by atoms with Gasteiger partial charge in [0.05, 0.1) is 0 Å². The standard InChI is InChI=1S/C9H14.2ClH.Ti/c1-3-8-6-5-7-9(8)4-2;;;/h6-7H,3-5H2,1-2H3;2*1H;/q;;;+2/p-2. The van der Waals surface area contributed by atoms with Crippen molar-refractivity contribution in [3.05, 3.63) is 23.3 Å². The molecule has 0 nitrogen and oxygen atoms in total. The van der Waals surface area contributed by atoms with Crippen LogP contribution in [0.25, 0.3) is 0 Å². The molecule has 1 aliphatic carbocycles. The van der Waals surface area contributed by atoms with Gasteiger partial charge in [-0.3, -0.25) is 0 Å². The van der Waals surface area contributed by atoms with Gasteiger partial charge in [0.2, 0.25) is 0 Å². The van der Waals surface area contributed by atoms with E-state index in [2.05, 4.69) is 26.0 Å². The van der Waals surface area contributed by atoms with Crippen molar-refractivity contribution in [3.8, 4) is 0 Å². The number of hydrogen-bond acceptors (Lipinski definition) is 0. The Labute approximate surface area is 91.7 Å². The topological polar surface area (TPSA) is 0 Å². The Morgan fingerprint density at radius 2 is 1.50 bits per heavy atom. The third-order valence-electron chi connectivity index (χ3n) is 1.90. The minimum absolute atomic E-state index is 0.556. The molecule has 1 aliphatic rings. The van der Waals surface area contributed by atoms with Gasteiger partial charge in [-0.05, 0) is 30.4 Å². The summed E-state index contributed by atoms with van der Waals surface area (Å²) in [5.41, 5.74) is 3.13. The van der Waals surface area contributed by atoms with E-state index in [0.29, 0.717) is 0 Å². The molecule has 0 aliphatic heterocycles. The molecule has 0 fully saturated rings. The molecule has 0 bridgehead atoms. The van der Waals surface area contributed by atoms with E-state index in [4.69, 9.17) is 18.6 Å². The van der Waals surface area contributed by atoms with E-state index in [1.54, 1.807) is 11.1 Å². The summed E-state index contributed by atoms with van der Waals surface area (Å²) >= 11 is -0.556. The molecular formula is C9H14Cl2Ti. The van der Waals surface area contributed by atoms with Gasteiger partial charge < -0.3 is 0 Å². The van der Waals surface area contributed by atoms with Gasteiger partial charge in [-0.1, -0.05) is 26.0 Å². The predicted octanol–water partition coefficient (Wildman–Crippen LogP) is 4.44. The van der Waals surface area contributed by atoms with Gasteiger partial charge in [-0.25, -0.2) is 0 Å². The molecule has 0 spiro atoms. The van der Waals surface area contributed by atoms with E-state index < -0.39 is 17.0 Å². The summed E-state index contributed by atoms with van der Waals surface area (Å²) in [5.74, 6) is 0. The van der Waals surface area contributed by atoms with Gasteiger partial charge in [0.1, 0.15) is 0 Å². The van der Waals surface area contributed by atoms with Crippen LogP contribution < -0.4 is 0 Å². The Balaban J connectivity index is 0.000000354. The van der Waals surface area contributed by atoms with E-state index in [1.165, 1.54) is 19.3 Å². The second-order valence-corrected chi connectivity index (χ2v) is 5.05. The normalized spacial score (nSPS) is 14.3. The molecule has 0 aromatic carbocycles. The molecule has 0 atom stereocenters. The number of allylic oxidation sites excluding steroid dienone is 4. The fourth-order valence-corrected chi connectivity index (χ4v) is 1.35. The van der Waals surface area contributed by atoms with Gasteiger partial charge in [0.25, 0.3) is 0 Å². The zero-order valence-corrected chi connectivity index (χ0v) is 10.6. The summed E-state index contributed by atoms with van der Waals surface area (Å²) in [5, 5.41) is 0. The molecule has 3 heteroatoms. The summed E-state index contributed by atoms with van der Waals surface area (Å²) in [7, 11) is 9.78. The van der Waals surface area contributed by atoms with E-state index in [9.17, 15) is 0 Å². The summed E-state index contributed by atoms with van der Waals surface area (Å²) in [6.45, 7) is 4.45. The van der Waals surface area contributed by atoms with Crippen LogP contribution in [-0.4, -0.2) is 0 Å². The van der Waals surface area contributed by atoms with Crippen LogP contribution in [0.2, 0.25) is 0 Å². The Hall–Kier alpha value is 0.774. The Morgan fingerprint density at radius 3 is 1.75 bits per heavy atom. The minimum atomic E-state index is -0.556. The molecule has 68 valence electrons. The third-order valence-corrected chi connectivity index (χ3v) is 1.90. The molecule has 1 rings (SSSR count). The van der Waals surface area contributed by atoms with Crippen LogP contribution in [0.1, 0.15) is 33.1 Å². The fourth-order valence-electron chi connectivity index (χ4n) is 1.35. The van der Waals surface area contributed by atoms with E-state index in [0.717, 1.165) is 0 Å². The van der Waals surface area contributed by atoms with Crippen molar-refractivity contribution < 1.29 is 17.0 Å². The van der Waals surface area contributed by atoms with Crippen molar-refractivity contribution in [2.24, 2.45) is 0 Å². The Bertz CT molecular complexity index is 155. The number of rotatable bonds is 2. The monoisotopic (exact) mass is 240 g/mol. The summed E-state index contributed by atoms with van der Waals surface area (Å²) in [4.78, 5) is 0. The fraction of sp³-hybridized carbons (Fsp3) is 0.556. The van der Waals surface area contributed by atoms with Crippen molar-refractivity contribution in [2.75, 3.05) is 0 Å². The van der Waals surface area contributed by atoms with Crippen LogP contribution in [0.15, 0.2) is 23.3 Å². The van der Waals surface area contributed by atoms with E-state index >= 15 is 0 Å². The van der Waals surface area contributed by atoms with Gasteiger partial charge >= 0.3 is 35.6 Å². The molecular weight excluding hydrogens is 227 g/mol. The summed E-state index contributed by atoms with van der Waals surface area (Å²) < 4.78 is 0. The van der Waals surface area contributed by atoms with Gasteiger partial charge in [0, 0.05) is 0 Å². The molecule has 0 radical (unpaired) electrons. The van der Waals surface area contributed by atoms with Crippen molar-refractivity contribution in [1.29, 1.82) is 0 Å². The number of halogens is 2. The summed E-state index contributed by atoms with van der Waals surface area (Å²) in [6, 6.07) is 0. The first-order chi connectivity index (χ1) is 5.79. The summed E-state index contributed by atoms with van der Waals surface area (Å²) in [6.07, 6.45) is 8.25. The average molecular weight is 241 g/mol. The number of hydrogen-bond donors (Lipinski definition) is 0. The second-order valence-electron chi connectivity index (χ2n) is 2.47. The van der Waals surface area contributed by atoms with Crippen molar-refractivity contribution in [2.45, 2.75) is 33.1 Å². The van der Waals surface area contributed by atoms with Crippen molar-refractivity contribution in [3.63, 3.8) is 0 Å². The van der Waals surface area contributed by atoms with Crippen LogP contribution >= 0.6 is 18.6 Å². The maximum absolute atomic E-state index is 4.89. The first-order valence-corrected chi connectivity index (χ1v) is 8.44.